The van der Waals surface area contributed by atoms with E-state index >= 15 is 0 Å². The molecule has 0 heterocycles. The topological polar surface area (TPSA) is 75.9 Å². The van der Waals surface area contributed by atoms with Crippen LogP contribution in [-0.2, 0) is 14.8 Å². The maximum Gasteiger partial charge on any atom is 0.216 e. The number of hydrogen-bond donors (Lipinski definition) is 1. The summed E-state index contributed by atoms with van der Waals surface area (Å²) >= 11 is 0. The lowest BCUT2D eigenvalue weighted by Gasteiger charge is -2.18. The van der Waals surface area contributed by atoms with Crippen molar-refractivity contribution in [1.29, 1.82) is 0 Å². The highest BCUT2D eigenvalue weighted by Gasteiger charge is 2.16. The van der Waals surface area contributed by atoms with Crippen molar-refractivity contribution in [2.45, 2.75) is 6.42 Å². The first kappa shape index (κ1) is 16.8. The fourth-order valence-electron chi connectivity index (χ4n) is 1.25. The summed E-state index contributed by atoms with van der Waals surface area (Å²) in [5, 5.41) is 0. The lowest BCUT2D eigenvalue weighted by Crippen LogP contribution is -2.33. The van der Waals surface area contributed by atoms with E-state index in [1.807, 2.05) is 19.0 Å². The predicted molar refractivity (Wildman–Crippen MR) is 69.5 cm³/mol. The molecule has 0 aliphatic carbocycles. The molecule has 0 aromatic rings. The molecule has 0 rings (SSSR count). The summed E-state index contributed by atoms with van der Waals surface area (Å²) in [6, 6.07) is 0. The zero-order valence-corrected chi connectivity index (χ0v) is 11.9. The quantitative estimate of drug-likeness (QED) is 0.523. The molecule has 6 nitrogen and oxygen atoms in total. The highest BCUT2D eigenvalue weighted by atomic mass is 32.2. The predicted octanol–water partition coefficient (Wildman–Crippen LogP) is -0.825. The van der Waals surface area contributed by atoms with Crippen LogP contribution in [0.15, 0.2) is 0 Å². The summed E-state index contributed by atoms with van der Waals surface area (Å²) in [5.74, 6) is 0.0193. The standard InChI is InChI=1S/C10H25N3O3S/c1-12(2)6-4-7-13(3)17(14,15)10-9-16-8-5-11/h4-11H2,1-3H3. The van der Waals surface area contributed by atoms with E-state index in [0.717, 1.165) is 13.0 Å². The van der Waals surface area contributed by atoms with Gasteiger partial charge in [-0.3, -0.25) is 0 Å². The largest absolute Gasteiger partial charge is 0.379 e. The molecule has 0 amide bonds. The lowest BCUT2D eigenvalue weighted by molar-refractivity contribution is 0.156. The van der Waals surface area contributed by atoms with E-state index in [0.29, 0.717) is 19.7 Å². The summed E-state index contributed by atoms with van der Waals surface area (Å²) in [6.07, 6.45) is 0.826. The van der Waals surface area contributed by atoms with Crippen molar-refractivity contribution < 1.29 is 13.2 Å². The molecule has 0 aliphatic rings. The fourth-order valence-corrected chi connectivity index (χ4v) is 2.30. The Labute approximate surface area is 105 Å². The molecule has 0 bridgehead atoms. The number of nitrogens with two attached hydrogens (primary N) is 1. The average molecular weight is 267 g/mol. The summed E-state index contributed by atoms with van der Waals surface area (Å²) in [4.78, 5) is 2.03. The molecule has 0 unspecified atom stereocenters. The maximum absolute atomic E-state index is 11.8. The van der Waals surface area contributed by atoms with Gasteiger partial charge in [0.2, 0.25) is 10.0 Å². The van der Waals surface area contributed by atoms with Gasteiger partial charge >= 0.3 is 0 Å². The van der Waals surface area contributed by atoms with Gasteiger partial charge in [0.1, 0.15) is 0 Å². The summed E-state index contributed by atoms with van der Waals surface area (Å²) in [6.45, 7) is 2.44. The molecule has 0 spiro atoms. The van der Waals surface area contributed by atoms with Crippen LogP contribution in [-0.4, -0.2) is 77.4 Å². The van der Waals surface area contributed by atoms with E-state index in [4.69, 9.17) is 10.5 Å². The Morgan fingerprint density at radius 2 is 1.76 bits per heavy atom. The van der Waals surface area contributed by atoms with Crippen molar-refractivity contribution in [3.8, 4) is 0 Å². The van der Waals surface area contributed by atoms with Gasteiger partial charge in [-0.1, -0.05) is 0 Å². The third kappa shape index (κ3) is 8.50. The Morgan fingerprint density at radius 1 is 1.12 bits per heavy atom. The van der Waals surface area contributed by atoms with Crippen molar-refractivity contribution in [1.82, 2.24) is 9.21 Å². The Balaban J connectivity index is 3.86. The van der Waals surface area contributed by atoms with Gasteiger partial charge in [-0.15, -0.1) is 0 Å². The van der Waals surface area contributed by atoms with Crippen molar-refractivity contribution >= 4 is 10.0 Å². The first-order valence-electron chi connectivity index (χ1n) is 5.76. The molecule has 17 heavy (non-hydrogen) atoms. The second kappa shape index (κ2) is 8.82. The van der Waals surface area contributed by atoms with E-state index in [-0.39, 0.29) is 12.4 Å². The van der Waals surface area contributed by atoms with Crippen molar-refractivity contribution in [2.24, 2.45) is 5.73 Å². The van der Waals surface area contributed by atoms with Crippen LogP contribution in [0.5, 0.6) is 0 Å². The molecular formula is C10H25N3O3S. The molecule has 0 aromatic heterocycles. The van der Waals surface area contributed by atoms with E-state index in [9.17, 15) is 8.42 Å². The fraction of sp³-hybridized carbons (Fsp3) is 1.00. The first-order valence-corrected chi connectivity index (χ1v) is 7.37. The minimum atomic E-state index is -3.19. The van der Waals surface area contributed by atoms with Crippen LogP contribution >= 0.6 is 0 Å². The zero-order valence-electron chi connectivity index (χ0n) is 11.1. The molecule has 0 saturated heterocycles. The number of nitrogens with zero attached hydrogens (tertiary/aromatic N) is 2. The average Bonchev–Trinajstić information content (AvgIpc) is 2.23. The normalized spacial score (nSPS) is 12.6. The smallest absolute Gasteiger partial charge is 0.216 e. The first-order chi connectivity index (χ1) is 7.90. The zero-order chi connectivity index (χ0) is 13.3. The van der Waals surface area contributed by atoms with Gasteiger partial charge in [0.25, 0.3) is 0 Å². The highest BCUT2D eigenvalue weighted by molar-refractivity contribution is 7.89. The van der Waals surface area contributed by atoms with Gasteiger partial charge in [-0.2, -0.15) is 0 Å². The molecule has 0 aromatic carbocycles. The number of ether oxygens (including phenoxy) is 1. The van der Waals surface area contributed by atoms with Crippen LogP contribution in [0.2, 0.25) is 0 Å². The molecule has 0 radical (unpaired) electrons. The molecule has 0 saturated carbocycles. The van der Waals surface area contributed by atoms with Crippen LogP contribution in [0.4, 0.5) is 0 Å². The Morgan fingerprint density at radius 3 is 2.29 bits per heavy atom. The molecule has 2 N–H and O–H groups in total. The highest BCUT2D eigenvalue weighted by Crippen LogP contribution is 2.00. The van der Waals surface area contributed by atoms with Gasteiger partial charge in [0.15, 0.2) is 0 Å². The third-order valence-electron chi connectivity index (χ3n) is 2.30. The van der Waals surface area contributed by atoms with Crippen LogP contribution < -0.4 is 5.73 Å². The van der Waals surface area contributed by atoms with Crippen LogP contribution in [0.1, 0.15) is 6.42 Å². The summed E-state index contributed by atoms with van der Waals surface area (Å²) < 4.78 is 30.0. The van der Waals surface area contributed by atoms with Gasteiger partial charge in [-0.25, -0.2) is 12.7 Å². The van der Waals surface area contributed by atoms with Gasteiger partial charge < -0.3 is 15.4 Å². The number of sulfonamides is 1. The molecule has 0 atom stereocenters. The van der Waals surface area contributed by atoms with Gasteiger partial charge in [0, 0.05) is 20.1 Å². The van der Waals surface area contributed by atoms with Gasteiger partial charge in [-0.05, 0) is 27.1 Å². The monoisotopic (exact) mass is 267 g/mol. The summed E-state index contributed by atoms with van der Waals surface area (Å²) in [5.41, 5.74) is 5.24. The molecule has 104 valence electrons. The van der Waals surface area contributed by atoms with Gasteiger partial charge in [0.05, 0.1) is 19.0 Å². The number of hydrogen-bond acceptors (Lipinski definition) is 5. The lowest BCUT2D eigenvalue weighted by atomic mass is 10.4. The van der Waals surface area contributed by atoms with E-state index in [2.05, 4.69) is 0 Å². The van der Waals surface area contributed by atoms with Crippen molar-refractivity contribution in [2.75, 3.05) is 59.7 Å². The number of rotatable bonds is 10. The van der Waals surface area contributed by atoms with Crippen LogP contribution in [0.3, 0.4) is 0 Å². The van der Waals surface area contributed by atoms with Crippen LogP contribution in [0.25, 0.3) is 0 Å². The van der Waals surface area contributed by atoms with E-state index in [1.165, 1.54) is 4.31 Å². The van der Waals surface area contributed by atoms with E-state index < -0.39 is 10.0 Å². The molecular weight excluding hydrogens is 242 g/mol. The second-order valence-electron chi connectivity index (χ2n) is 4.20. The third-order valence-corrected chi connectivity index (χ3v) is 4.12. The minimum Gasteiger partial charge on any atom is -0.379 e. The minimum absolute atomic E-state index is 0.0193. The molecule has 0 aliphatic heterocycles. The second-order valence-corrected chi connectivity index (χ2v) is 6.39. The Kier molecular flexibility index (Phi) is 8.71. The summed E-state index contributed by atoms with van der Waals surface area (Å²) in [7, 11) is 2.35. The molecule has 0 fully saturated rings. The Bertz CT molecular complexity index is 281. The van der Waals surface area contributed by atoms with E-state index in [1.54, 1.807) is 7.05 Å². The van der Waals surface area contributed by atoms with Crippen molar-refractivity contribution in [3.05, 3.63) is 0 Å². The SMILES string of the molecule is CN(C)CCCN(C)S(=O)(=O)CCOCCN. The van der Waals surface area contributed by atoms with Crippen LogP contribution in [0, 0.1) is 0 Å². The maximum atomic E-state index is 11.8. The molecule has 7 heteroatoms. The van der Waals surface area contributed by atoms with Crippen molar-refractivity contribution in [3.63, 3.8) is 0 Å². The Hall–Kier alpha value is -0.210.